The number of pyridine rings is 3. The first kappa shape index (κ1) is 38.2. The van der Waals surface area contributed by atoms with E-state index in [4.69, 9.17) is 19.4 Å². The SMILES string of the molecule is CC(Cc1cccc(-c2cc(CC(O)(c3ccc(-c4ccccc4)cc3)c3ccccn3)cc3c2oc2cc4c(ccc5ccccc54)cc23)n1)(c1ccccc1)c1ccccn1. The van der Waals surface area contributed by atoms with E-state index in [0.717, 1.165) is 77.6 Å². The van der Waals surface area contributed by atoms with Crippen LogP contribution in [0.5, 0.6) is 0 Å². The summed E-state index contributed by atoms with van der Waals surface area (Å²) in [6, 6.07) is 68.7. The van der Waals surface area contributed by atoms with Crippen LogP contribution >= 0.6 is 0 Å². The summed E-state index contributed by atoms with van der Waals surface area (Å²) in [6.45, 7) is 2.25. The largest absolute Gasteiger partial charge is 0.455 e. The Morgan fingerprint density at radius 2 is 1.17 bits per heavy atom. The van der Waals surface area contributed by atoms with E-state index in [1.807, 2.05) is 72.9 Å². The zero-order valence-electron chi connectivity index (χ0n) is 34.8. The van der Waals surface area contributed by atoms with Crippen LogP contribution in [0.2, 0.25) is 0 Å². The molecule has 0 spiro atoms. The molecule has 5 heteroatoms. The predicted octanol–water partition coefficient (Wildman–Crippen LogP) is 13.4. The highest BCUT2D eigenvalue weighted by Gasteiger charge is 2.35. The molecule has 7 aromatic carbocycles. The van der Waals surface area contributed by atoms with Crippen molar-refractivity contribution in [2.45, 2.75) is 30.8 Å². The highest BCUT2D eigenvalue weighted by molar-refractivity contribution is 6.17. The molecule has 4 heterocycles. The van der Waals surface area contributed by atoms with Crippen molar-refractivity contribution in [2.75, 3.05) is 0 Å². The fraction of sp³-hybridized carbons (Fsp3) is 0.0862. The second-order valence-electron chi connectivity index (χ2n) is 16.8. The van der Waals surface area contributed by atoms with Crippen molar-refractivity contribution in [3.8, 4) is 22.4 Å². The molecule has 11 aromatic rings. The highest BCUT2D eigenvalue weighted by Crippen LogP contribution is 2.42. The van der Waals surface area contributed by atoms with Crippen LogP contribution in [0.25, 0.3) is 65.9 Å². The van der Waals surface area contributed by atoms with Crippen molar-refractivity contribution in [3.05, 3.63) is 246 Å². The van der Waals surface area contributed by atoms with Gasteiger partial charge >= 0.3 is 0 Å². The Morgan fingerprint density at radius 1 is 0.492 bits per heavy atom. The summed E-state index contributed by atoms with van der Waals surface area (Å²) in [7, 11) is 0. The van der Waals surface area contributed by atoms with E-state index in [0.29, 0.717) is 12.1 Å². The summed E-state index contributed by atoms with van der Waals surface area (Å²) in [5.74, 6) is 0. The van der Waals surface area contributed by atoms with Gasteiger partial charge in [0, 0.05) is 52.7 Å². The van der Waals surface area contributed by atoms with Gasteiger partial charge in [0.25, 0.3) is 0 Å². The summed E-state index contributed by atoms with van der Waals surface area (Å²) in [5.41, 5.74) is 8.83. The van der Waals surface area contributed by atoms with Crippen LogP contribution in [0.3, 0.4) is 0 Å². The Bertz CT molecular complexity index is 3370. The number of benzene rings is 7. The van der Waals surface area contributed by atoms with Gasteiger partial charge in [-0.25, -0.2) is 0 Å². The third-order valence-corrected chi connectivity index (χ3v) is 12.8. The van der Waals surface area contributed by atoms with Gasteiger partial charge in [0.15, 0.2) is 0 Å². The smallest absolute Gasteiger partial charge is 0.144 e. The van der Waals surface area contributed by atoms with Crippen molar-refractivity contribution in [2.24, 2.45) is 0 Å². The molecule has 0 aliphatic rings. The molecule has 0 amide bonds. The normalized spacial score (nSPS) is 13.6. The molecule has 2 atom stereocenters. The van der Waals surface area contributed by atoms with Gasteiger partial charge in [-0.05, 0) is 117 Å². The van der Waals surface area contributed by atoms with Gasteiger partial charge in [-0.2, -0.15) is 0 Å². The summed E-state index contributed by atoms with van der Waals surface area (Å²) in [5, 5.41) is 19.7. The lowest BCUT2D eigenvalue weighted by molar-refractivity contribution is 0.0765. The zero-order chi connectivity index (χ0) is 42.4. The van der Waals surface area contributed by atoms with E-state index in [9.17, 15) is 5.11 Å². The van der Waals surface area contributed by atoms with E-state index < -0.39 is 11.0 Å². The second kappa shape index (κ2) is 15.6. The molecule has 0 saturated heterocycles. The molecule has 5 nitrogen and oxygen atoms in total. The van der Waals surface area contributed by atoms with E-state index in [-0.39, 0.29) is 6.42 Å². The first-order valence-electron chi connectivity index (χ1n) is 21.5. The van der Waals surface area contributed by atoms with E-state index >= 15 is 0 Å². The standard InChI is InChI=1S/C58H43N3O2/c1-57(44-18-6-3-7-19-44,54-23-10-12-31-59-54)38-46-20-14-22-52(61-46)51-34-39(33-50-49-35-43-26-25-42-17-8-9-21-47(42)48(43)36-53(49)63-56(50)51)37-58(62,55-24-11-13-32-60-55)45-29-27-41(28-30-45)40-15-4-2-5-16-40/h2-36,62H,37-38H2,1H3. The van der Waals surface area contributed by atoms with E-state index in [1.54, 1.807) is 6.20 Å². The van der Waals surface area contributed by atoms with Crippen LogP contribution in [-0.4, -0.2) is 20.1 Å². The van der Waals surface area contributed by atoms with Gasteiger partial charge in [-0.3, -0.25) is 15.0 Å². The van der Waals surface area contributed by atoms with Crippen molar-refractivity contribution in [3.63, 3.8) is 0 Å². The van der Waals surface area contributed by atoms with Crippen LogP contribution in [0, 0.1) is 0 Å². The number of rotatable bonds is 10. The van der Waals surface area contributed by atoms with Crippen LogP contribution in [-0.2, 0) is 23.9 Å². The lowest BCUT2D eigenvalue weighted by Crippen LogP contribution is -2.31. The minimum absolute atomic E-state index is 0.258. The second-order valence-corrected chi connectivity index (χ2v) is 16.8. The Hall–Kier alpha value is -7.73. The van der Waals surface area contributed by atoms with Crippen molar-refractivity contribution < 1.29 is 9.52 Å². The number of aromatic nitrogens is 3. The van der Waals surface area contributed by atoms with Gasteiger partial charge in [0.1, 0.15) is 16.8 Å². The Morgan fingerprint density at radius 3 is 1.94 bits per heavy atom. The summed E-state index contributed by atoms with van der Waals surface area (Å²) in [4.78, 5) is 15.0. The molecule has 63 heavy (non-hydrogen) atoms. The van der Waals surface area contributed by atoms with Gasteiger partial charge in [0.2, 0.25) is 0 Å². The topological polar surface area (TPSA) is 72.0 Å². The van der Waals surface area contributed by atoms with Crippen LogP contribution in [0.4, 0.5) is 0 Å². The minimum atomic E-state index is -1.46. The van der Waals surface area contributed by atoms with Crippen LogP contribution in [0.1, 0.15) is 40.7 Å². The Kier molecular flexibility index (Phi) is 9.48. The summed E-state index contributed by atoms with van der Waals surface area (Å²) >= 11 is 0. The first-order chi connectivity index (χ1) is 30.9. The lowest BCUT2D eigenvalue weighted by Gasteiger charge is -2.30. The lowest BCUT2D eigenvalue weighted by atomic mass is 9.75. The fourth-order valence-corrected chi connectivity index (χ4v) is 9.47. The van der Waals surface area contributed by atoms with Crippen LogP contribution < -0.4 is 0 Å². The minimum Gasteiger partial charge on any atom is -0.455 e. The molecular formula is C58H43N3O2. The molecule has 302 valence electrons. The number of furan rings is 1. The number of aliphatic hydroxyl groups is 1. The van der Waals surface area contributed by atoms with Gasteiger partial charge in [-0.15, -0.1) is 0 Å². The average Bonchev–Trinajstić information content (AvgIpc) is 3.71. The van der Waals surface area contributed by atoms with E-state index in [1.165, 1.54) is 16.3 Å². The molecule has 1 N–H and O–H groups in total. The van der Waals surface area contributed by atoms with Crippen LogP contribution in [0.15, 0.2) is 217 Å². The molecular weight excluding hydrogens is 771 g/mol. The molecule has 0 saturated carbocycles. The monoisotopic (exact) mass is 813 g/mol. The van der Waals surface area contributed by atoms with Crippen molar-refractivity contribution in [1.29, 1.82) is 0 Å². The molecule has 0 fully saturated rings. The highest BCUT2D eigenvalue weighted by atomic mass is 16.3. The maximum absolute atomic E-state index is 13.1. The number of nitrogens with zero attached hydrogens (tertiary/aromatic N) is 3. The number of hydrogen-bond acceptors (Lipinski definition) is 5. The molecule has 2 unspecified atom stereocenters. The maximum Gasteiger partial charge on any atom is 0.144 e. The first-order valence-corrected chi connectivity index (χ1v) is 21.5. The Balaban J connectivity index is 1.09. The van der Waals surface area contributed by atoms with Crippen molar-refractivity contribution >= 4 is 43.5 Å². The third-order valence-electron chi connectivity index (χ3n) is 12.8. The fourth-order valence-electron chi connectivity index (χ4n) is 9.47. The molecule has 11 rings (SSSR count). The van der Waals surface area contributed by atoms with Gasteiger partial charge in [0.05, 0.1) is 17.1 Å². The van der Waals surface area contributed by atoms with E-state index in [2.05, 4.69) is 140 Å². The summed E-state index contributed by atoms with van der Waals surface area (Å²) < 4.78 is 6.96. The summed E-state index contributed by atoms with van der Waals surface area (Å²) in [6.07, 6.45) is 4.49. The Labute approximate surface area is 366 Å². The molecule has 0 aliphatic carbocycles. The number of fused-ring (bicyclic) bond motifs is 6. The third kappa shape index (κ3) is 6.93. The molecule has 0 bridgehead atoms. The zero-order valence-corrected chi connectivity index (χ0v) is 34.8. The molecule has 0 radical (unpaired) electrons. The number of hydrogen-bond donors (Lipinski definition) is 1. The maximum atomic E-state index is 13.1. The molecule has 4 aromatic heterocycles. The van der Waals surface area contributed by atoms with Gasteiger partial charge < -0.3 is 9.52 Å². The molecule has 0 aliphatic heterocycles. The average molecular weight is 814 g/mol. The van der Waals surface area contributed by atoms with Gasteiger partial charge in [-0.1, -0.05) is 140 Å². The predicted molar refractivity (Wildman–Crippen MR) is 256 cm³/mol. The van der Waals surface area contributed by atoms with Crippen molar-refractivity contribution in [1.82, 2.24) is 15.0 Å². The quantitative estimate of drug-likeness (QED) is 0.139.